The van der Waals surface area contributed by atoms with Crippen LogP contribution in [-0.4, -0.2) is 15.0 Å². The molecule has 0 bridgehead atoms. The van der Waals surface area contributed by atoms with Crippen LogP contribution in [-0.2, 0) is 5.41 Å². The SMILES string of the molecule is CC(C)(C)c1nc(-c2cccc(C#N)c2)c2ncccc2n1. The van der Waals surface area contributed by atoms with E-state index in [1.807, 2.05) is 30.3 Å². The summed E-state index contributed by atoms with van der Waals surface area (Å²) >= 11 is 0. The monoisotopic (exact) mass is 288 g/mol. The third-order valence-electron chi connectivity index (χ3n) is 3.39. The fourth-order valence-electron chi connectivity index (χ4n) is 2.24. The standard InChI is InChI=1S/C18H16N4/c1-18(2,3)17-21-14-8-5-9-20-16(14)15(22-17)13-7-4-6-12(10-13)11-19/h4-10H,1-3H3. The van der Waals surface area contributed by atoms with Gasteiger partial charge in [-0.3, -0.25) is 4.98 Å². The van der Waals surface area contributed by atoms with Crippen LogP contribution in [0.3, 0.4) is 0 Å². The van der Waals surface area contributed by atoms with Gasteiger partial charge in [-0.2, -0.15) is 5.26 Å². The molecule has 0 atom stereocenters. The minimum Gasteiger partial charge on any atom is -0.252 e. The summed E-state index contributed by atoms with van der Waals surface area (Å²) in [7, 11) is 0. The van der Waals surface area contributed by atoms with E-state index in [1.54, 1.807) is 12.3 Å². The normalized spacial score (nSPS) is 11.4. The molecule has 1 aromatic carbocycles. The van der Waals surface area contributed by atoms with Gasteiger partial charge < -0.3 is 0 Å². The van der Waals surface area contributed by atoms with Crippen molar-refractivity contribution in [1.29, 1.82) is 5.26 Å². The number of hydrogen-bond donors (Lipinski definition) is 0. The van der Waals surface area contributed by atoms with Crippen molar-refractivity contribution >= 4 is 11.0 Å². The zero-order valence-electron chi connectivity index (χ0n) is 12.8. The molecule has 0 unspecified atom stereocenters. The lowest BCUT2D eigenvalue weighted by Gasteiger charge is -2.18. The Kier molecular flexibility index (Phi) is 3.34. The second-order valence-corrected chi connectivity index (χ2v) is 6.21. The Labute approximate surface area is 129 Å². The Hall–Kier alpha value is -2.80. The molecule has 0 aliphatic rings. The summed E-state index contributed by atoms with van der Waals surface area (Å²) in [6, 6.07) is 13.4. The predicted molar refractivity (Wildman–Crippen MR) is 86.2 cm³/mol. The zero-order valence-corrected chi connectivity index (χ0v) is 12.8. The highest BCUT2D eigenvalue weighted by atomic mass is 14.9. The topological polar surface area (TPSA) is 62.5 Å². The van der Waals surface area contributed by atoms with Gasteiger partial charge >= 0.3 is 0 Å². The average molecular weight is 288 g/mol. The van der Waals surface area contributed by atoms with Crippen LogP contribution in [0.4, 0.5) is 0 Å². The van der Waals surface area contributed by atoms with Crippen LogP contribution in [0.2, 0.25) is 0 Å². The van der Waals surface area contributed by atoms with E-state index in [1.165, 1.54) is 0 Å². The van der Waals surface area contributed by atoms with E-state index in [9.17, 15) is 0 Å². The quantitative estimate of drug-likeness (QED) is 0.682. The van der Waals surface area contributed by atoms with E-state index in [4.69, 9.17) is 10.2 Å². The van der Waals surface area contributed by atoms with Crippen LogP contribution >= 0.6 is 0 Å². The number of fused-ring (bicyclic) bond motifs is 1. The highest BCUT2D eigenvalue weighted by Gasteiger charge is 2.20. The zero-order chi connectivity index (χ0) is 15.7. The molecule has 0 N–H and O–H groups in total. The highest BCUT2D eigenvalue weighted by Crippen LogP contribution is 2.28. The van der Waals surface area contributed by atoms with Crippen LogP contribution in [0, 0.1) is 11.3 Å². The van der Waals surface area contributed by atoms with Gasteiger partial charge in [-0.05, 0) is 24.3 Å². The van der Waals surface area contributed by atoms with Crippen LogP contribution in [0.15, 0.2) is 42.6 Å². The first-order valence-electron chi connectivity index (χ1n) is 7.13. The Morgan fingerprint density at radius 2 is 1.86 bits per heavy atom. The van der Waals surface area contributed by atoms with Crippen molar-refractivity contribution in [3.8, 4) is 17.3 Å². The van der Waals surface area contributed by atoms with E-state index >= 15 is 0 Å². The molecule has 0 spiro atoms. The van der Waals surface area contributed by atoms with Crippen LogP contribution < -0.4 is 0 Å². The molecule has 0 radical (unpaired) electrons. The van der Waals surface area contributed by atoms with Crippen LogP contribution in [0.25, 0.3) is 22.3 Å². The van der Waals surface area contributed by atoms with Gasteiger partial charge in [-0.25, -0.2) is 9.97 Å². The van der Waals surface area contributed by atoms with Crippen molar-refractivity contribution in [2.24, 2.45) is 0 Å². The summed E-state index contributed by atoms with van der Waals surface area (Å²) in [4.78, 5) is 13.8. The maximum Gasteiger partial charge on any atom is 0.135 e. The van der Waals surface area contributed by atoms with Gasteiger partial charge in [-0.1, -0.05) is 32.9 Å². The minimum atomic E-state index is -0.161. The smallest absolute Gasteiger partial charge is 0.135 e. The van der Waals surface area contributed by atoms with Crippen molar-refractivity contribution in [2.45, 2.75) is 26.2 Å². The molecule has 0 aliphatic carbocycles. The minimum absolute atomic E-state index is 0.161. The molecule has 0 saturated carbocycles. The summed E-state index contributed by atoms with van der Waals surface area (Å²) in [6.07, 6.45) is 1.74. The molecule has 0 fully saturated rings. The van der Waals surface area contributed by atoms with E-state index in [-0.39, 0.29) is 5.41 Å². The summed E-state index contributed by atoms with van der Waals surface area (Å²) in [5.74, 6) is 0.769. The molecular weight excluding hydrogens is 272 g/mol. The molecule has 0 aliphatic heterocycles. The number of pyridine rings is 1. The number of hydrogen-bond acceptors (Lipinski definition) is 4. The number of aromatic nitrogens is 3. The third-order valence-corrected chi connectivity index (χ3v) is 3.39. The van der Waals surface area contributed by atoms with Crippen LogP contribution in [0.1, 0.15) is 32.2 Å². The summed E-state index contributed by atoms with van der Waals surface area (Å²) in [5, 5.41) is 9.11. The fourth-order valence-corrected chi connectivity index (χ4v) is 2.24. The second kappa shape index (κ2) is 5.19. The average Bonchev–Trinajstić information content (AvgIpc) is 2.53. The Bertz CT molecular complexity index is 885. The number of benzene rings is 1. The molecule has 4 nitrogen and oxygen atoms in total. The van der Waals surface area contributed by atoms with Gasteiger partial charge in [0.1, 0.15) is 17.0 Å². The van der Waals surface area contributed by atoms with Gasteiger partial charge in [0.05, 0.1) is 17.1 Å². The largest absolute Gasteiger partial charge is 0.252 e. The van der Waals surface area contributed by atoms with Crippen molar-refractivity contribution < 1.29 is 0 Å². The van der Waals surface area contributed by atoms with E-state index < -0.39 is 0 Å². The third kappa shape index (κ3) is 2.53. The van der Waals surface area contributed by atoms with Crippen LogP contribution in [0.5, 0.6) is 0 Å². The summed E-state index contributed by atoms with van der Waals surface area (Å²) in [5.41, 5.74) is 3.68. The molecule has 3 rings (SSSR count). The Morgan fingerprint density at radius 3 is 2.59 bits per heavy atom. The molecule has 4 heteroatoms. The Morgan fingerprint density at radius 1 is 1.05 bits per heavy atom. The molecule has 2 aromatic heterocycles. The first-order valence-corrected chi connectivity index (χ1v) is 7.13. The number of rotatable bonds is 1. The molecule has 2 heterocycles. The number of nitrogens with zero attached hydrogens (tertiary/aromatic N) is 4. The maximum absolute atomic E-state index is 9.11. The van der Waals surface area contributed by atoms with E-state index in [2.05, 4.69) is 36.8 Å². The molecule has 0 amide bonds. The first kappa shape index (κ1) is 14.2. The van der Waals surface area contributed by atoms with E-state index in [0.29, 0.717) is 5.56 Å². The number of nitriles is 1. The van der Waals surface area contributed by atoms with Gasteiger partial charge in [0, 0.05) is 17.2 Å². The first-order chi connectivity index (χ1) is 10.5. The van der Waals surface area contributed by atoms with Gasteiger partial charge in [0.2, 0.25) is 0 Å². The Balaban J connectivity index is 2.34. The molecular formula is C18H16N4. The van der Waals surface area contributed by atoms with Crippen molar-refractivity contribution in [3.63, 3.8) is 0 Å². The van der Waals surface area contributed by atoms with Gasteiger partial charge in [0.25, 0.3) is 0 Å². The van der Waals surface area contributed by atoms with Gasteiger partial charge in [-0.15, -0.1) is 0 Å². The molecule has 3 aromatic rings. The molecule has 108 valence electrons. The van der Waals surface area contributed by atoms with Gasteiger partial charge in [0.15, 0.2) is 0 Å². The van der Waals surface area contributed by atoms with Crippen molar-refractivity contribution in [3.05, 3.63) is 54.0 Å². The van der Waals surface area contributed by atoms with Crippen molar-refractivity contribution in [2.75, 3.05) is 0 Å². The lowest BCUT2D eigenvalue weighted by Crippen LogP contribution is -2.16. The molecule has 22 heavy (non-hydrogen) atoms. The lowest BCUT2D eigenvalue weighted by molar-refractivity contribution is 0.549. The fraction of sp³-hybridized carbons (Fsp3) is 0.222. The van der Waals surface area contributed by atoms with Crippen molar-refractivity contribution in [1.82, 2.24) is 15.0 Å². The maximum atomic E-state index is 9.11. The molecule has 0 saturated heterocycles. The van der Waals surface area contributed by atoms with E-state index in [0.717, 1.165) is 28.1 Å². The second-order valence-electron chi connectivity index (χ2n) is 6.21. The lowest BCUT2D eigenvalue weighted by atomic mass is 9.95. The predicted octanol–water partition coefficient (Wildman–Crippen LogP) is 3.86. The summed E-state index contributed by atoms with van der Waals surface area (Å²) < 4.78 is 0. The summed E-state index contributed by atoms with van der Waals surface area (Å²) in [6.45, 7) is 6.25. The highest BCUT2D eigenvalue weighted by molar-refractivity contribution is 5.89.